The third kappa shape index (κ3) is 4.63. The highest BCUT2D eigenvalue weighted by atomic mass is 32.1. The number of nitrogens with one attached hydrogen (secondary N) is 2. The Labute approximate surface area is 190 Å². The Balaban J connectivity index is 1.21. The molecule has 0 spiro atoms. The lowest BCUT2D eigenvalue weighted by molar-refractivity contribution is 0.101. The number of para-hydroxylation sites is 1. The largest absolute Gasteiger partial charge is 0.379 e. The molecule has 1 unspecified atom stereocenters. The zero-order chi connectivity index (χ0) is 21.8. The lowest BCUT2D eigenvalue weighted by Gasteiger charge is -2.24. The van der Waals surface area contributed by atoms with Gasteiger partial charge < -0.3 is 9.88 Å². The molecule has 1 aliphatic rings. The van der Waals surface area contributed by atoms with Crippen molar-refractivity contribution in [3.05, 3.63) is 101 Å². The van der Waals surface area contributed by atoms with Gasteiger partial charge >= 0.3 is 0 Å². The van der Waals surface area contributed by atoms with Crippen LogP contribution in [0.4, 0.5) is 10.8 Å². The number of aryl methyl sites for hydroxylation is 1. The quantitative estimate of drug-likeness (QED) is 0.438. The third-order valence-corrected chi connectivity index (χ3v) is 6.27. The van der Waals surface area contributed by atoms with Gasteiger partial charge in [-0.2, -0.15) is 0 Å². The van der Waals surface area contributed by atoms with E-state index in [1.807, 2.05) is 46.5 Å². The summed E-state index contributed by atoms with van der Waals surface area (Å²) < 4.78 is 1.92. The summed E-state index contributed by atoms with van der Waals surface area (Å²) in [4.78, 5) is 21.4. The number of aromatic nitrogens is 3. The zero-order valence-corrected chi connectivity index (χ0v) is 18.3. The third-order valence-electron chi connectivity index (χ3n) is 5.49. The van der Waals surface area contributed by atoms with Crippen LogP contribution < -0.4 is 10.6 Å². The molecule has 160 valence electrons. The second-order valence-corrected chi connectivity index (χ2v) is 8.57. The van der Waals surface area contributed by atoms with E-state index in [9.17, 15) is 4.79 Å². The molecule has 4 aromatic rings. The second-order valence-electron chi connectivity index (χ2n) is 7.71. The van der Waals surface area contributed by atoms with Crippen LogP contribution in [-0.4, -0.2) is 26.5 Å². The van der Waals surface area contributed by atoms with Crippen molar-refractivity contribution in [2.75, 3.05) is 10.6 Å². The number of hydrogen-bond donors (Lipinski definition) is 2. The molecule has 0 saturated heterocycles. The minimum atomic E-state index is -0.167. The van der Waals surface area contributed by atoms with E-state index in [1.54, 1.807) is 12.4 Å². The van der Waals surface area contributed by atoms with Crippen molar-refractivity contribution < 1.29 is 4.79 Å². The van der Waals surface area contributed by atoms with Gasteiger partial charge in [-0.05, 0) is 60.4 Å². The fourth-order valence-corrected chi connectivity index (χ4v) is 4.52. The van der Waals surface area contributed by atoms with Crippen LogP contribution in [0.15, 0.2) is 78.6 Å². The Bertz CT molecular complexity index is 1240. The van der Waals surface area contributed by atoms with Gasteiger partial charge in [0, 0.05) is 42.2 Å². The molecule has 0 saturated carbocycles. The Morgan fingerprint density at radius 1 is 1.19 bits per heavy atom. The summed E-state index contributed by atoms with van der Waals surface area (Å²) in [5.74, 6) is -0.167. The number of thiazole rings is 1. The highest BCUT2D eigenvalue weighted by molar-refractivity contribution is 7.14. The Morgan fingerprint density at radius 2 is 2.06 bits per heavy atom. The molecule has 0 bridgehead atoms. The van der Waals surface area contributed by atoms with E-state index in [0.717, 1.165) is 24.1 Å². The number of anilines is 2. The van der Waals surface area contributed by atoms with Crippen molar-refractivity contribution >= 4 is 34.1 Å². The molecule has 2 N–H and O–H groups in total. The minimum absolute atomic E-state index is 0.167. The number of hydrogen-bond acceptors (Lipinski definition) is 5. The first-order valence-corrected chi connectivity index (χ1v) is 11.5. The normalized spacial score (nSPS) is 15.3. The lowest BCUT2D eigenvalue weighted by atomic mass is 9.98. The number of benzene rings is 1. The molecule has 7 heteroatoms. The maximum atomic E-state index is 12.8. The topological polar surface area (TPSA) is 71.8 Å². The number of rotatable bonds is 6. The molecule has 1 amide bonds. The number of carbonyl (C=O) groups is 1. The number of nitrogens with zero attached hydrogens (tertiary/aromatic N) is 3. The first-order valence-electron chi connectivity index (χ1n) is 10.6. The van der Waals surface area contributed by atoms with Crippen LogP contribution in [0.1, 0.15) is 33.7 Å². The van der Waals surface area contributed by atoms with E-state index >= 15 is 0 Å². The van der Waals surface area contributed by atoms with Crippen LogP contribution >= 0.6 is 11.3 Å². The molecule has 0 radical (unpaired) electrons. The van der Waals surface area contributed by atoms with Gasteiger partial charge in [0.05, 0.1) is 5.69 Å². The van der Waals surface area contributed by atoms with Gasteiger partial charge in [0.2, 0.25) is 0 Å². The van der Waals surface area contributed by atoms with Crippen molar-refractivity contribution in [1.82, 2.24) is 14.5 Å². The summed E-state index contributed by atoms with van der Waals surface area (Å²) in [7, 11) is 0. The Morgan fingerprint density at radius 3 is 2.97 bits per heavy atom. The van der Waals surface area contributed by atoms with Crippen molar-refractivity contribution in [3.8, 4) is 0 Å². The van der Waals surface area contributed by atoms with Gasteiger partial charge in [0.25, 0.3) is 5.91 Å². The Hall–Kier alpha value is -3.71. The van der Waals surface area contributed by atoms with Crippen LogP contribution in [-0.2, 0) is 13.0 Å². The van der Waals surface area contributed by atoms with Gasteiger partial charge in [0.1, 0.15) is 5.69 Å². The van der Waals surface area contributed by atoms with Crippen molar-refractivity contribution in [1.29, 1.82) is 0 Å². The van der Waals surface area contributed by atoms with E-state index in [1.165, 1.54) is 22.6 Å². The summed E-state index contributed by atoms with van der Waals surface area (Å²) in [6.07, 6.45) is 11.7. The minimum Gasteiger partial charge on any atom is -0.379 e. The molecular formula is C25H23N5OS. The van der Waals surface area contributed by atoms with E-state index < -0.39 is 0 Å². The van der Waals surface area contributed by atoms with E-state index in [4.69, 9.17) is 0 Å². The van der Waals surface area contributed by atoms with Crippen molar-refractivity contribution in [3.63, 3.8) is 0 Å². The van der Waals surface area contributed by atoms with E-state index in [0.29, 0.717) is 17.4 Å². The zero-order valence-electron chi connectivity index (χ0n) is 17.4. The predicted octanol–water partition coefficient (Wildman–Crippen LogP) is 5.08. The monoisotopic (exact) mass is 441 g/mol. The van der Waals surface area contributed by atoms with Crippen molar-refractivity contribution in [2.45, 2.75) is 25.4 Å². The summed E-state index contributed by atoms with van der Waals surface area (Å²) in [5, 5.41) is 9.04. The molecule has 5 rings (SSSR count). The molecule has 6 nitrogen and oxygen atoms in total. The van der Waals surface area contributed by atoms with Gasteiger partial charge in [-0.1, -0.05) is 24.3 Å². The number of pyridine rings is 1. The highest BCUT2D eigenvalue weighted by Gasteiger charge is 2.15. The van der Waals surface area contributed by atoms with Gasteiger partial charge in [-0.15, -0.1) is 11.3 Å². The molecule has 1 atom stereocenters. The SMILES string of the molecule is O=C(Nc1nc(C=CC2CCc3ccccc3N2)cs1)c1cccn1Cc1ccncc1. The molecule has 4 heterocycles. The summed E-state index contributed by atoms with van der Waals surface area (Å²) in [5.41, 5.74) is 5.10. The second kappa shape index (κ2) is 9.20. The highest BCUT2D eigenvalue weighted by Crippen LogP contribution is 2.25. The summed E-state index contributed by atoms with van der Waals surface area (Å²) in [6, 6.07) is 16.3. The summed E-state index contributed by atoms with van der Waals surface area (Å²) >= 11 is 1.43. The van der Waals surface area contributed by atoms with Crippen molar-refractivity contribution in [2.24, 2.45) is 0 Å². The average molecular weight is 442 g/mol. The number of carbonyl (C=O) groups excluding carboxylic acids is 1. The van der Waals surface area contributed by atoms with Gasteiger partial charge in [0.15, 0.2) is 5.13 Å². The fraction of sp³-hybridized carbons (Fsp3) is 0.160. The standard InChI is InChI=1S/C25H23N5OS/c31-24(23-6-3-15-30(23)16-18-11-13-26-14-12-18)29-25-28-21(17-32-25)10-9-20-8-7-19-4-1-2-5-22(19)27-20/h1-6,9-15,17,20,27H,7-8,16H2,(H,28,29,31). The van der Waals surface area contributed by atoms with E-state index in [2.05, 4.69) is 50.9 Å². The van der Waals surface area contributed by atoms with E-state index in [-0.39, 0.29) is 11.9 Å². The molecular weight excluding hydrogens is 418 g/mol. The first-order chi connectivity index (χ1) is 15.7. The Kier molecular flexibility index (Phi) is 5.81. The number of amides is 1. The molecule has 0 aliphatic carbocycles. The summed E-state index contributed by atoms with van der Waals surface area (Å²) in [6.45, 7) is 0.613. The van der Waals surface area contributed by atoms with Crippen LogP contribution in [0, 0.1) is 0 Å². The van der Waals surface area contributed by atoms with Crippen LogP contribution in [0.25, 0.3) is 6.08 Å². The van der Waals surface area contributed by atoms with Gasteiger partial charge in [-0.25, -0.2) is 4.98 Å². The van der Waals surface area contributed by atoms with Crippen LogP contribution in [0.2, 0.25) is 0 Å². The molecule has 1 aliphatic heterocycles. The average Bonchev–Trinajstić information content (AvgIpc) is 3.47. The van der Waals surface area contributed by atoms with Crippen LogP contribution in [0.3, 0.4) is 0 Å². The smallest absolute Gasteiger partial charge is 0.274 e. The maximum Gasteiger partial charge on any atom is 0.274 e. The van der Waals surface area contributed by atoms with Gasteiger partial charge in [-0.3, -0.25) is 15.1 Å². The predicted molar refractivity (Wildman–Crippen MR) is 129 cm³/mol. The number of fused-ring (bicyclic) bond motifs is 1. The molecule has 1 aromatic carbocycles. The first kappa shape index (κ1) is 20.2. The van der Waals surface area contributed by atoms with Crippen LogP contribution in [0.5, 0.6) is 0 Å². The molecule has 3 aromatic heterocycles. The molecule has 0 fully saturated rings. The lowest BCUT2D eigenvalue weighted by Crippen LogP contribution is -2.23. The molecule has 32 heavy (non-hydrogen) atoms. The maximum absolute atomic E-state index is 12.8. The fourth-order valence-electron chi connectivity index (χ4n) is 3.85.